The van der Waals surface area contributed by atoms with Crippen molar-refractivity contribution in [1.82, 2.24) is 0 Å². The van der Waals surface area contributed by atoms with Crippen LogP contribution in [0.25, 0.3) is 0 Å². The molecule has 0 N–H and O–H groups in total. The van der Waals surface area contributed by atoms with Gasteiger partial charge in [0, 0.05) is 9.79 Å². The van der Waals surface area contributed by atoms with Gasteiger partial charge in [0.05, 0.1) is 6.61 Å². The summed E-state index contributed by atoms with van der Waals surface area (Å²) >= 11 is 2.05. The molecule has 0 aromatic heterocycles. The predicted octanol–water partition coefficient (Wildman–Crippen LogP) is 2.31. The summed E-state index contributed by atoms with van der Waals surface area (Å²) in [5, 5.41) is 0. The molecule has 0 radical (unpaired) electrons. The third kappa shape index (κ3) is 3.85. The summed E-state index contributed by atoms with van der Waals surface area (Å²) in [5.41, 5.74) is 0.389. The van der Waals surface area contributed by atoms with Crippen LogP contribution in [0.4, 0.5) is 0 Å². The van der Waals surface area contributed by atoms with Crippen LogP contribution in [-0.2, 0) is 9.53 Å². The van der Waals surface area contributed by atoms with Crippen molar-refractivity contribution in [3.05, 3.63) is 9.28 Å². The highest BCUT2D eigenvalue weighted by molar-refractivity contribution is 14.1. The standard InChI is InChI=1S/C8H12INO2/c1-4-10-7(6(3)9)8(11)12-5-2/h4H,5H2,1-3H3/b7-6+,10-4?. The maximum Gasteiger partial charge on any atom is 0.357 e. The number of ether oxygens (including phenoxy) is 1. The normalized spacial score (nSPS) is 13.0. The first-order valence-electron chi connectivity index (χ1n) is 3.65. The zero-order chi connectivity index (χ0) is 9.56. The summed E-state index contributed by atoms with van der Waals surface area (Å²) in [6.07, 6.45) is 1.58. The van der Waals surface area contributed by atoms with Crippen LogP contribution in [-0.4, -0.2) is 18.8 Å². The van der Waals surface area contributed by atoms with E-state index in [1.165, 1.54) is 0 Å². The van der Waals surface area contributed by atoms with Gasteiger partial charge in [0.25, 0.3) is 0 Å². The van der Waals surface area contributed by atoms with E-state index in [2.05, 4.69) is 4.99 Å². The third-order valence-electron chi connectivity index (χ3n) is 1.05. The van der Waals surface area contributed by atoms with Crippen LogP contribution in [0.2, 0.25) is 0 Å². The lowest BCUT2D eigenvalue weighted by Crippen LogP contribution is -2.06. The van der Waals surface area contributed by atoms with Crippen molar-refractivity contribution in [1.29, 1.82) is 0 Å². The summed E-state index contributed by atoms with van der Waals surface area (Å²) in [4.78, 5) is 15.1. The van der Waals surface area contributed by atoms with Crippen molar-refractivity contribution in [3.63, 3.8) is 0 Å². The van der Waals surface area contributed by atoms with E-state index in [9.17, 15) is 4.79 Å². The number of hydrogen-bond donors (Lipinski definition) is 0. The van der Waals surface area contributed by atoms with Gasteiger partial charge in [0.1, 0.15) is 0 Å². The minimum absolute atomic E-state index is 0.359. The van der Waals surface area contributed by atoms with Crippen molar-refractivity contribution >= 4 is 34.8 Å². The van der Waals surface area contributed by atoms with Gasteiger partial charge in [0.2, 0.25) is 0 Å². The van der Waals surface area contributed by atoms with Gasteiger partial charge in [-0.25, -0.2) is 4.79 Å². The predicted molar refractivity (Wildman–Crippen MR) is 57.5 cm³/mol. The van der Waals surface area contributed by atoms with Gasteiger partial charge >= 0.3 is 5.97 Å². The molecule has 4 heteroatoms. The molecule has 0 aliphatic rings. The molecule has 0 atom stereocenters. The minimum Gasteiger partial charge on any atom is -0.461 e. The van der Waals surface area contributed by atoms with Crippen LogP contribution < -0.4 is 0 Å². The van der Waals surface area contributed by atoms with Crippen molar-refractivity contribution in [3.8, 4) is 0 Å². The van der Waals surface area contributed by atoms with Crippen LogP contribution in [0.5, 0.6) is 0 Å². The second-order valence-electron chi connectivity index (χ2n) is 1.99. The zero-order valence-electron chi connectivity index (χ0n) is 7.43. The van der Waals surface area contributed by atoms with Gasteiger partial charge in [-0.1, -0.05) is 0 Å². The summed E-state index contributed by atoms with van der Waals surface area (Å²) in [6, 6.07) is 0. The van der Waals surface area contributed by atoms with Gasteiger partial charge in [0.15, 0.2) is 5.70 Å². The van der Waals surface area contributed by atoms with Crippen molar-refractivity contribution in [2.75, 3.05) is 6.61 Å². The highest BCUT2D eigenvalue weighted by Gasteiger charge is 2.10. The average Bonchev–Trinajstić information content (AvgIpc) is 1.99. The maximum atomic E-state index is 11.2. The van der Waals surface area contributed by atoms with Crippen LogP contribution in [0, 0.1) is 0 Å². The molecule has 68 valence electrons. The molecule has 0 aromatic rings. The Morgan fingerprint density at radius 3 is 2.58 bits per heavy atom. The van der Waals surface area contributed by atoms with E-state index in [1.807, 2.05) is 29.5 Å². The Morgan fingerprint density at radius 1 is 1.67 bits per heavy atom. The fourth-order valence-corrected chi connectivity index (χ4v) is 0.970. The Hall–Kier alpha value is -0.390. The molecule has 0 spiro atoms. The molecular formula is C8H12INO2. The molecule has 12 heavy (non-hydrogen) atoms. The second kappa shape index (κ2) is 6.16. The third-order valence-corrected chi connectivity index (χ3v) is 1.56. The Kier molecular flexibility index (Phi) is 5.96. The molecule has 0 heterocycles. The smallest absolute Gasteiger partial charge is 0.357 e. The molecule has 3 nitrogen and oxygen atoms in total. The monoisotopic (exact) mass is 281 g/mol. The van der Waals surface area contributed by atoms with Crippen molar-refractivity contribution in [2.45, 2.75) is 20.8 Å². The average molecular weight is 281 g/mol. The summed E-state index contributed by atoms with van der Waals surface area (Å²) in [6.45, 7) is 5.73. The number of rotatable bonds is 3. The number of halogens is 1. The quantitative estimate of drug-likeness (QED) is 0.344. The molecule has 0 aliphatic heterocycles. The lowest BCUT2D eigenvalue weighted by molar-refractivity contribution is -0.138. The SMILES string of the molecule is CC=N/C(C(=O)OCC)=C(\C)I. The van der Waals surface area contributed by atoms with Crippen LogP contribution in [0.1, 0.15) is 20.8 Å². The number of aliphatic imine (C=N–C) groups is 1. The van der Waals surface area contributed by atoms with Crippen LogP contribution in [0.15, 0.2) is 14.3 Å². The molecular weight excluding hydrogens is 269 g/mol. The first kappa shape index (κ1) is 11.6. The van der Waals surface area contributed by atoms with Gasteiger partial charge < -0.3 is 4.74 Å². The number of nitrogens with zero attached hydrogens (tertiary/aromatic N) is 1. The fraction of sp³-hybridized carbons (Fsp3) is 0.500. The van der Waals surface area contributed by atoms with E-state index < -0.39 is 0 Å². The molecule has 0 rings (SSSR count). The zero-order valence-corrected chi connectivity index (χ0v) is 9.58. The Balaban J connectivity index is 4.54. The second-order valence-corrected chi connectivity index (χ2v) is 3.61. The molecule has 0 amide bonds. The van der Waals surface area contributed by atoms with E-state index in [4.69, 9.17) is 4.74 Å². The molecule has 0 saturated carbocycles. The first-order valence-corrected chi connectivity index (χ1v) is 4.73. The van der Waals surface area contributed by atoms with E-state index >= 15 is 0 Å². The van der Waals surface area contributed by atoms with E-state index in [1.54, 1.807) is 20.1 Å². The molecule has 0 saturated heterocycles. The highest BCUT2D eigenvalue weighted by Crippen LogP contribution is 2.14. The first-order chi connectivity index (χ1) is 5.63. The molecule has 0 unspecified atom stereocenters. The van der Waals surface area contributed by atoms with Crippen LogP contribution >= 0.6 is 22.6 Å². The van der Waals surface area contributed by atoms with E-state index in [-0.39, 0.29) is 5.97 Å². The fourth-order valence-electron chi connectivity index (χ4n) is 0.611. The topological polar surface area (TPSA) is 38.7 Å². The lowest BCUT2D eigenvalue weighted by atomic mass is 10.4. The van der Waals surface area contributed by atoms with E-state index in [0.717, 1.165) is 3.58 Å². The minimum atomic E-state index is -0.359. The number of carbonyl (C=O) groups excluding carboxylic acids is 1. The number of carbonyl (C=O) groups is 1. The maximum absolute atomic E-state index is 11.2. The van der Waals surface area contributed by atoms with Crippen molar-refractivity contribution < 1.29 is 9.53 Å². The summed E-state index contributed by atoms with van der Waals surface area (Å²) in [7, 11) is 0. The van der Waals surface area contributed by atoms with Gasteiger partial charge in [-0.3, -0.25) is 4.99 Å². The highest BCUT2D eigenvalue weighted by atomic mass is 127. The molecule has 0 fully saturated rings. The number of esters is 1. The Labute approximate surface area is 86.0 Å². The largest absolute Gasteiger partial charge is 0.461 e. The van der Waals surface area contributed by atoms with Gasteiger partial charge in [-0.05, 0) is 43.4 Å². The number of allylic oxidation sites excluding steroid dienone is 1. The molecule has 0 aromatic carbocycles. The summed E-state index contributed by atoms with van der Waals surface area (Å²) in [5.74, 6) is -0.359. The Bertz CT molecular complexity index is 217. The molecule has 0 bridgehead atoms. The lowest BCUT2D eigenvalue weighted by Gasteiger charge is -2.01. The van der Waals surface area contributed by atoms with Gasteiger partial charge in [-0.2, -0.15) is 0 Å². The Morgan fingerprint density at radius 2 is 2.25 bits per heavy atom. The number of hydrogen-bond acceptors (Lipinski definition) is 3. The van der Waals surface area contributed by atoms with E-state index in [0.29, 0.717) is 12.3 Å². The van der Waals surface area contributed by atoms with Crippen molar-refractivity contribution in [2.24, 2.45) is 4.99 Å². The molecule has 0 aliphatic carbocycles. The van der Waals surface area contributed by atoms with Crippen LogP contribution in [0.3, 0.4) is 0 Å². The summed E-state index contributed by atoms with van der Waals surface area (Å²) < 4.78 is 5.64. The van der Waals surface area contributed by atoms with Gasteiger partial charge in [-0.15, -0.1) is 0 Å².